The maximum atomic E-state index is 12.1. The third kappa shape index (κ3) is 19.8. The van der Waals surface area contributed by atoms with Gasteiger partial charge in [0.2, 0.25) is 0 Å². The maximum Gasteiger partial charge on any atom is 0.328 e. The molecule has 0 spiro atoms. The number of hydrazone groups is 1. The number of aliphatic hydroxyl groups is 8. The molecule has 4 amide bonds. The first-order valence-electron chi connectivity index (χ1n) is 28.3. The first-order valence-corrected chi connectivity index (χ1v) is 40.5. The van der Waals surface area contributed by atoms with Crippen LogP contribution in [0.15, 0.2) is 81.5 Å². The van der Waals surface area contributed by atoms with E-state index in [1.807, 2.05) is 0 Å². The molecule has 1 aromatic heterocycles. The Morgan fingerprint density at radius 2 is 0.977 bits per heavy atom. The third-order valence-corrected chi connectivity index (χ3v) is 21.0. The minimum absolute atomic E-state index is 0.139. The Morgan fingerprint density at radius 3 is 1.45 bits per heavy atom. The van der Waals surface area contributed by atoms with Crippen molar-refractivity contribution in [2.45, 2.75) is 131 Å². The predicted molar refractivity (Wildman–Crippen MR) is 349 cm³/mol. The number of ether oxygens (including phenoxy) is 4. The zero-order valence-corrected chi connectivity index (χ0v) is 55.5. The van der Waals surface area contributed by atoms with Gasteiger partial charge in [-0.1, -0.05) is 19.7 Å². The molecule has 12 N–H and O–H groups in total. The largest absolute Gasteiger partial charge is 0.388 e. The molecular weight excluding hydrogens is 1210 g/mol. The Labute approximate surface area is 510 Å². The Hall–Kier alpha value is -4.42. The molecule has 16 atom stereocenters. The highest BCUT2D eigenvalue weighted by molar-refractivity contribution is 7.73. The molecule has 7 aliphatic rings. The summed E-state index contributed by atoms with van der Waals surface area (Å²) in [4.78, 5) is 63.1. The molecule has 0 saturated carbocycles. The van der Waals surface area contributed by atoms with E-state index in [4.69, 9.17) is 18.9 Å². The van der Waals surface area contributed by atoms with Gasteiger partial charge in [-0.15, -0.1) is 52.7 Å². The van der Waals surface area contributed by atoms with E-state index in [1.54, 1.807) is 31.3 Å². The van der Waals surface area contributed by atoms with E-state index < -0.39 is 137 Å². The molecule has 0 radical (unpaired) electrons. The number of nitrogens with one attached hydrogen (secondary N) is 4. The van der Waals surface area contributed by atoms with Crippen LogP contribution in [0.1, 0.15) is 44.3 Å². The number of aromatic nitrogens is 2. The van der Waals surface area contributed by atoms with Gasteiger partial charge >= 0.3 is 11.7 Å². The highest BCUT2D eigenvalue weighted by Gasteiger charge is 2.49. The molecule has 8 heterocycles. The molecule has 0 aromatic carbocycles. The second kappa shape index (κ2) is 29.7. The fourth-order valence-corrected chi connectivity index (χ4v) is 13.7. The highest BCUT2D eigenvalue weighted by atomic mass is 31.2. The van der Waals surface area contributed by atoms with Crippen LogP contribution in [0.2, 0.25) is 0 Å². The zero-order valence-electron chi connectivity index (χ0n) is 51.9. The molecule has 30 heteroatoms. The lowest BCUT2D eigenvalue weighted by atomic mass is 9.99. The van der Waals surface area contributed by atoms with Crippen molar-refractivity contribution in [2.75, 3.05) is 85.0 Å². The first kappa shape index (κ1) is 73.3. The normalized spacial score (nSPS) is 32.1. The van der Waals surface area contributed by atoms with Crippen molar-refractivity contribution in [2.24, 2.45) is 12.1 Å². The van der Waals surface area contributed by atoms with Gasteiger partial charge in [0, 0.05) is 49.5 Å². The minimum atomic E-state index is -1.27. The summed E-state index contributed by atoms with van der Waals surface area (Å²) in [6.45, 7) is 24.8. The average molecular weight is 1300 g/mol. The van der Waals surface area contributed by atoms with E-state index in [2.05, 4.69) is 124 Å². The molecule has 0 unspecified atom stereocenters. The molecule has 26 nitrogen and oxygen atoms in total. The average Bonchev–Trinajstić information content (AvgIpc) is 2.38. The summed E-state index contributed by atoms with van der Waals surface area (Å²) in [5, 5.41) is 94.4. The number of amides is 4. The van der Waals surface area contributed by atoms with Crippen molar-refractivity contribution < 1.29 is 74.2 Å². The number of aromatic amines is 1. The topological polar surface area (TPSA) is 363 Å². The summed E-state index contributed by atoms with van der Waals surface area (Å²) < 4.78 is 24.0. The summed E-state index contributed by atoms with van der Waals surface area (Å²) in [6.07, 6.45) is 14.4. The van der Waals surface area contributed by atoms with Gasteiger partial charge in [0.1, 0.15) is 78.9 Å². The SMILES string of the molecule is C=C1NC(=O)C(C)=CN1[C@@H]1O[C@H](CCP(=C)(C)C)[C@@H](O)[C@H]1O.C=C1NC(=O)C=NN1[C@@H]1O[C@H](CCP(=C)(C)C)[C@@H](O)[C@H]1O.C=C1NC(=O)N(C)C=C1[C@@H]1O[C@H](CCP(=C)(C)C)[C@@H](O)[C@H]1O.C=P(C)(C)CC[C@H]1O[C@@H](c2c[nH]c(=O)n(C)c2=O)[C@H](O)[C@@H]1O. The zero-order chi connectivity index (χ0) is 65.7. The van der Waals surface area contributed by atoms with E-state index >= 15 is 0 Å². The van der Waals surface area contributed by atoms with Gasteiger partial charge in [-0.25, -0.2) is 14.6 Å². The van der Waals surface area contributed by atoms with E-state index in [0.29, 0.717) is 48.3 Å². The summed E-state index contributed by atoms with van der Waals surface area (Å²) in [5.74, 6) is -0.0687. The number of hydrogen-bond acceptors (Lipinski definition) is 20. The van der Waals surface area contributed by atoms with E-state index in [0.717, 1.165) is 35.4 Å². The minimum Gasteiger partial charge on any atom is -0.388 e. The Morgan fingerprint density at radius 1 is 0.552 bits per heavy atom. The molecule has 7 aliphatic heterocycles. The van der Waals surface area contributed by atoms with Crippen LogP contribution in [0, 0.1) is 0 Å². The standard InChI is InChI=1S/2C15H25N2O4P.C14H23N2O5P.C13H22N3O4P/c1-9-10(8-17(2)15(20)16-9)14-13(19)12(18)11(21-14)6-7-22(3,4)5;1-9-8-17(10(2)16-14(9)20)15-13(19)12(18)11(21-15)6-7-22(3,4)5;1-16-13(19)8(7-15-14(16)20)12-11(18)10(17)9(21-12)5-6-22(2,3)4;1-8-15-10(17)7-14-16(8)13-12(19)11(18)9(20-13)5-6-21(2,3)4/h8,11-14,18-19H,1,3,6-7H2,2,4-5H3,(H,16,20);8,11-13,15,18-19H,2-3,6-7H2,1,4-5H3,(H,16,20);7,9-12,17-18H,2,5-6H2,1,3-4H3,(H,15,20);7,9,11-13,18-19H,1-2,5-6H2,3-4H3,(H,15,17)/t11-,12-,13-,14+;11-,12-,13-,15-;9-,10-,11-,12+;9-,11-,12-,13-/m1111/s1. The molecule has 0 bridgehead atoms. The summed E-state index contributed by atoms with van der Waals surface area (Å²) in [7, 11) is 2.95. The summed E-state index contributed by atoms with van der Waals surface area (Å²) >= 11 is 0. The van der Waals surface area contributed by atoms with Gasteiger partial charge in [0.25, 0.3) is 17.4 Å². The quantitative estimate of drug-likeness (QED) is 0.0947. The lowest BCUT2D eigenvalue weighted by Crippen LogP contribution is -2.47. The molecule has 87 heavy (non-hydrogen) atoms. The molecular formula is C57H95N9O17P4. The smallest absolute Gasteiger partial charge is 0.328 e. The third-order valence-electron chi connectivity index (χ3n) is 15.2. The highest BCUT2D eigenvalue weighted by Crippen LogP contribution is 2.43. The Bertz CT molecular complexity index is 3140. The van der Waals surface area contributed by atoms with Crippen molar-refractivity contribution >= 4 is 76.8 Å². The summed E-state index contributed by atoms with van der Waals surface area (Å²) in [6, 6.07) is -0.290. The maximum absolute atomic E-state index is 12.1. The van der Waals surface area contributed by atoms with E-state index in [9.17, 15) is 64.8 Å². The van der Waals surface area contributed by atoms with Gasteiger partial charge in [-0.05, 0) is 111 Å². The number of aliphatic hydroxyl groups excluding tert-OH is 8. The number of nitrogens with zero attached hydrogens (tertiary/aromatic N) is 5. The number of carbonyl (C=O) groups is 3. The number of H-pyrrole nitrogens is 1. The molecule has 1 aromatic rings. The molecule has 490 valence electrons. The molecule has 4 fully saturated rings. The van der Waals surface area contributed by atoms with Crippen LogP contribution < -0.4 is 27.2 Å². The monoisotopic (exact) mass is 1300 g/mol. The van der Waals surface area contributed by atoms with Gasteiger partial charge < -0.3 is 90.5 Å². The fourth-order valence-electron chi connectivity index (χ4n) is 9.93. The Balaban J connectivity index is 0.000000212. The number of urea groups is 1. The van der Waals surface area contributed by atoms with Crippen LogP contribution in [0.4, 0.5) is 4.79 Å². The lowest BCUT2D eigenvalue weighted by molar-refractivity contribution is -0.119. The molecule has 0 aliphatic carbocycles. The Kier molecular flexibility index (Phi) is 25.0. The van der Waals surface area contributed by atoms with Crippen LogP contribution >= 0.6 is 27.5 Å². The van der Waals surface area contributed by atoms with Gasteiger partial charge in [-0.2, -0.15) is 5.10 Å². The van der Waals surface area contributed by atoms with Crippen LogP contribution in [-0.4, -0.2) is 291 Å². The van der Waals surface area contributed by atoms with Crippen LogP contribution in [0.3, 0.4) is 0 Å². The number of carbonyl (C=O) groups excluding carboxylic acids is 3. The van der Waals surface area contributed by atoms with Crippen LogP contribution in [0.5, 0.6) is 0 Å². The van der Waals surface area contributed by atoms with Crippen LogP contribution in [-0.2, 0) is 35.6 Å². The molecule has 4 saturated heterocycles. The predicted octanol–water partition coefficient (Wildman–Crippen LogP) is -0.277. The van der Waals surface area contributed by atoms with E-state index in [1.165, 1.54) is 23.2 Å². The first-order chi connectivity index (χ1) is 40.0. The van der Waals surface area contributed by atoms with Crippen molar-refractivity contribution in [1.29, 1.82) is 0 Å². The van der Waals surface area contributed by atoms with Crippen LogP contribution in [0.25, 0.3) is 0 Å². The van der Waals surface area contributed by atoms with Gasteiger partial charge in [0.05, 0.1) is 30.0 Å². The summed E-state index contributed by atoms with van der Waals surface area (Å²) in [5.41, 5.74) is 0.531. The van der Waals surface area contributed by atoms with Crippen molar-refractivity contribution in [3.63, 3.8) is 0 Å². The lowest BCUT2D eigenvalue weighted by Gasteiger charge is -2.34. The second-order valence-electron chi connectivity index (χ2n) is 25.7. The fraction of sp³-hybridized carbons (Fsp3) is 0.614. The molecule has 8 rings (SSSR count). The number of rotatable bonds is 16. The van der Waals surface area contributed by atoms with E-state index in [-0.39, 0.29) is 29.2 Å². The van der Waals surface area contributed by atoms with Crippen molar-refractivity contribution in [1.82, 2.24) is 40.3 Å². The van der Waals surface area contributed by atoms with Gasteiger partial charge in [-0.3, -0.25) is 19.0 Å². The second-order valence-corrected chi connectivity index (χ2v) is 43.0. The van der Waals surface area contributed by atoms with Crippen molar-refractivity contribution in [3.8, 4) is 0 Å². The number of hydrogen-bond donors (Lipinski definition) is 12. The van der Waals surface area contributed by atoms with Crippen molar-refractivity contribution in [3.05, 3.63) is 93.2 Å². The van der Waals surface area contributed by atoms with Gasteiger partial charge in [0.15, 0.2) is 12.5 Å².